The molecule has 1 aliphatic heterocycles. The van der Waals surface area contributed by atoms with Crippen molar-refractivity contribution in [3.05, 3.63) is 77.9 Å². The van der Waals surface area contributed by atoms with E-state index in [1.165, 1.54) is 4.31 Å². The summed E-state index contributed by atoms with van der Waals surface area (Å²) in [6, 6.07) is 19.7. The highest BCUT2D eigenvalue weighted by Gasteiger charge is 2.30. The Morgan fingerprint density at radius 2 is 1.67 bits per heavy atom. The first kappa shape index (κ1) is 20.0. The summed E-state index contributed by atoms with van der Waals surface area (Å²) in [7, 11) is -0.436. The van der Waals surface area contributed by atoms with Gasteiger partial charge in [0.1, 0.15) is 0 Å². The van der Waals surface area contributed by atoms with Crippen molar-refractivity contribution in [3.8, 4) is 11.5 Å². The molecule has 0 aliphatic carbocycles. The zero-order chi connectivity index (χ0) is 21.1. The first-order valence-electron chi connectivity index (χ1n) is 9.50. The summed E-state index contributed by atoms with van der Waals surface area (Å²) in [6.45, 7) is 0.459. The molecule has 3 aromatic rings. The van der Waals surface area contributed by atoms with Crippen LogP contribution in [-0.4, -0.2) is 35.4 Å². The van der Waals surface area contributed by atoms with Crippen LogP contribution < -0.4 is 13.8 Å². The van der Waals surface area contributed by atoms with Crippen molar-refractivity contribution in [1.29, 1.82) is 0 Å². The summed E-state index contributed by atoms with van der Waals surface area (Å²) in [6.07, 6.45) is 2.42. The van der Waals surface area contributed by atoms with Gasteiger partial charge in [-0.05, 0) is 66.1 Å². The van der Waals surface area contributed by atoms with E-state index < -0.39 is 10.0 Å². The molecule has 0 saturated heterocycles. The SMILES string of the molecule is COc1ccc(C=Nc2ccc(S(=O)(=O)N3CCc4ccccc43)cc2)cc1OC. The monoisotopic (exact) mass is 422 g/mol. The van der Waals surface area contributed by atoms with E-state index in [2.05, 4.69) is 4.99 Å². The fraction of sp³-hybridized carbons (Fsp3) is 0.174. The van der Waals surface area contributed by atoms with Crippen molar-refractivity contribution in [2.75, 3.05) is 25.1 Å². The summed E-state index contributed by atoms with van der Waals surface area (Å²) < 4.78 is 38.2. The number of anilines is 1. The maximum absolute atomic E-state index is 13.1. The van der Waals surface area contributed by atoms with E-state index in [0.717, 1.165) is 23.2 Å². The number of sulfonamides is 1. The summed E-state index contributed by atoms with van der Waals surface area (Å²) in [5, 5.41) is 0. The van der Waals surface area contributed by atoms with Crippen LogP contribution >= 0.6 is 0 Å². The number of hydrogen-bond donors (Lipinski definition) is 0. The Morgan fingerprint density at radius 1 is 0.933 bits per heavy atom. The minimum Gasteiger partial charge on any atom is -0.493 e. The molecule has 0 saturated carbocycles. The average molecular weight is 423 g/mol. The fourth-order valence-electron chi connectivity index (χ4n) is 3.47. The Kier molecular flexibility index (Phi) is 5.46. The highest BCUT2D eigenvalue weighted by molar-refractivity contribution is 7.92. The number of benzene rings is 3. The second kappa shape index (κ2) is 8.20. The third-order valence-corrected chi connectivity index (χ3v) is 6.87. The zero-order valence-electron chi connectivity index (χ0n) is 16.8. The van der Waals surface area contributed by atoms with Gasteiger partial charge >= 0.3 is 0 Å². The Balaban J connectivity index is 1.54. The first-order chi connectivity index (χ1) is 14.5. The van der Waals surface area contributed by atoms with Crippen LogP contribution in [-0.2, 0) is 16.4 Å². The maximum atomic E-state index is 13.1. The number of nitrogens with zero attached hydrogens (tertiary/aromatic N) is 2. The van der Waals surface area contributed by atoms with Crippen molar-refractivity contribution in [2.45, 2.75) is 11.3 Å². The van der Waals surface area contributed by atoms with Gasteiger partial charge in [0.2, 0.25) is 0 Å². The third kappa shape index (κ3) is 3.76. The molecular formula is C23H22N2O4S. The molecule has 0 N–H and O–H groups in total. The molecule has 3 aromatic carbocycles. The molecule has 1 aliphatic rings. The number of fused-ring (bicyclic) bond motifs is 1. The Hall–Kier alpha value is -3.32. The van der Waals surface area contributed by atoms with E-state index in [1.807, 2.05) is 42.5 Å². The minimum absolute atomic E-state index is 0.254. The summed E-state index contributed by atoms with van der Waals surface area (Å²) in [5.74, 6) is 1.27. The predicted octanol–water partition coefficient (Wildman–Crippen LogP) is 4.21. The van der Waals surface area contributed by atoms with Gasteiger partial charge in [0.25, 0.3) is 10.0 Å². The van der Waals surface area contributed by atoms with Gasteiger partial charge in [0.05, 0.1) is 30.5 Å². The van der Waals surface area contributed by atoms with Crippen LogP contribution in [0, 0.1) is 0 Å². The number of methoxy groups -OCH3 is 2. The second-order valence-electron chi connectivity index (χ2n) is 6.82. The van der Waals surface area contributed by atoms with Crippen molar-refractivity contribution in [3.63, 3.8) is 0 Å². The van der Waals surface area contributed by atoms with E-state index in [0.29, 0.717) is 23.7 Å². The molecule has 0 unspecified atom stereocenters. The highest BCUT2D eigenvalue weighted by atomic mass is 32.2. The van der Waals surface area contributed by atoms with Crippen molar-refractivity contribution in [2.24, 2.45) is 4.99 Å². The van der Waals surface area contributed by atoms with Gasteiger partial charge in [0.15, 0.2) is 11.5 Å². The van der Waals surface area contributed by atoms with E-state index in [9.17, 15) is 8.42 Å². The molecule has 0 spiro atoms. The molecule has 0 aromatic heterocycles. The Labute approximate surface area is 176 Å². The van der Waals surface area contributed by atoms with Gasteiger partial charge in [-0.2, -0.15) is 0 Å². The van der Waals surface area contributed by atoms with Crippen LogP contribution in [0.2, 0.25) is 0 Å². The van der Waals surface area contributed by atoms with Crippen LogP contribution in [0.15, 0.2) is 76.6 Å². The van der Waals surface area contributed by atoms with E-state index >= 15 is 0 Å². The summed E-state index contributed by atoms with van der Waals surface area (Å²) >= 11 is 0. The number of aliphatic imine (C=N–C) groups is 1. The molecule has 0 fully saturated rings. The predicted molar refractivity (Wildman–Crippen MR) is 118 cm³/mol. The number of ether oxygens (including phenoxy) is 2. The topological polar surface area (TPSA) is 68.2 Å². The molecular weight excluding hydrogens is 400 g/mol. The summed E-state index contributed by atoms with van der Waals surface area (Å²) in [5.41, 5.74) is 3.31. The molecule has 30 heavy (non-hydrogen) atoms. The normalized spacial score (nSPS) is 13.5. The van der Waals surface area contributed by atoms with Gasteiger partial charge in [0, 0.05) is 12.8 Å². The van der Waals surface area contributed by atoms with Crippen molar-refractivity contribution >= 4 is 27.6 Å². The quantitative estimate of drug-likeness (QED) is 0.558. The van der Waals surface area contributed by atoms with Crippen LogP contribution in [0.4, 0.5) is 11.4 Å². The van der Waals surface area contributed by atoms with Crippen LogP contribution in [0.5, 0.6) is 11.5 Å². The van der Waals surface area contributed by atoms with E-state index in [-0.39, 0.29) is 4.90 Å². The maximum Gasteiger partial charge on any atom is 0.264 e. The molecule has 154 valence electrons. The van der Waals surface area contributed by atoms with Gasteiger partial charge < -0.3 is 9.47 Å². The molecule has 1 heterocycles. The van der Waals surface area contributed by atoms with Gasteiger partial charge in [-0.1, -0.05) is 18.2 Å². The average Bonchev–Trinajstić information content (AvgIpc) is 3.23. The lowest BCUT2D eigenvalue weighted by molar-refractivity contribution is 0.355. The molecule has 0 radical (unpaired) electrons. The van der Waals surface area contributed by atoms with E-state index in [4.69, 9.17) is 9.47 Å². The van der Waals surface area contributed by atoms with Gasteiger partial charge in [-0.15, -0.1) is 0 Å². The lowest BCUT2D eigenvalue weighted by Gasteiger charge is -2.19. The second-order valence-corrected chi connectivity index (χ2v) is 8.68. The number of hydrogen-bond acceptors (Lipinski definition) is 5. The molecule has 7 heteroatoms. The Bertz CT molecular complexity index is 1190. The van der Waals surface area contributed by atoms with Gasteiger partial charge in [-0.3, -0.25) is 9.30 Å². The smallest absolute Gasteiger partial charge is 0.264 e. The number of rotatable bonds is 6. The Morgan fingerprint density at radius 3 is 2.40 bits per heavy atom. The molecule has 0 bridgehead atoms. The van der Waals surface area contributed by atoms with Crippen LogP contribution in [0.25, 0.3) is 0 Å². The highest BCUT2D eigenvalue weighted by Crippen LogP contribution is 2.33. The van der Waals surface area contributed by atoms with Gasteiger partial charge in [-0.25, -0.2) is 8.42 Å². The van der Waals surface area contributed by atoms with Crippen molar-refractivity contribution in [1.82, 2.24) is 0 Å². The molecule has 0 amide bonds. The third-order valence-electron chi connectivity index (χ3n) is 5.04. The van der Waals surface area contributed by atoms with E-state index in [1.54, 1.807) is 44.7 Å². The van der Waals surface area contributed by atoms with Crippen molar-refractivity contribution < 1.29 is 17.9 Å². The minimum atomic E-state index is -3.60. The summed E-state index contributed by atoms with van der Waals surface area (Å²) in [4.78, 5) is 4.69. The molecule has 4 rings (SSSR count). The van der Waals surface area contributed by atoms with Crippen LogP contribution in [0.3, 0.4) is 0 Å². The fourth-order valence-corrected chi connectivity index (χ4v) is 4.97. The number of para-hydroxylation sites is 1. The lowest BCUT2D eigenvalue weighted by atomic mass is 10.2. The van der Waals surface area contributed by atoms with Crippen LogP contribution in [0.1, 0.15) is 11.1 Å². The lowest BCUT2D eigenvalue weighted by Crippen LogP contribution is -2.29. The zero-order valence-corrected chi connectivity index (χ0v) is 17.6. The first-order valence-corrected chi connectivity index (χ1v) is 10.9. The standard InChI is InChI=1S/C23H22N2O4S/c1-28-22-12-7-17(15-23(22)29-2)16-24-19-8-10-20(11-9-19)30(26,27)25-14-13-18-5-3-4-6-21(18)25/h3-12,15-16H,13-14H2,1-2H3. The molecule has 6 nitrogen and oxygen atoms in total. The molecule has 0 atom stereocenters. The largest absolute Gasteiger partial charge is 0.493 e.